The van der Waals surface area contributed by atoms with Crippen LogP contribution in [-0.2, 0) is 21.7 Å². The summed E-state index contributed by atoms with van der Waals surface area (Å²) < 4.78 is 4.88. The van der Waals surface area contributed by atoms with E-state index in [9.17, 15) is 0 Å². The Kier molecular flexibility index (Phi) is 18.7. The second-order valence-electron chi connectivity index (χ2n) is 36.4. The molecule has 6 aliphatic rings. The molecule has 0 saturated carbocycles. The van der Waals surface area contributed by atoms with Crippen molar-refractivity contribution >= 4 is 83.9 Å². The first-order valence-corrected chi connectivity index (χ1v) is 46.0. The van der Waals surface area contributed by atoms with Crippen molar-refractivity contribution in [3.8, 4) is 101 Å². The number of halogens is 1. The molecule has 1 N–H and O–H groups in total. The predicted octanol–water partition coefficient (Wildman–Crippen LogP) is 27.2. The second-order valence-corrected chi connectivity index (χ2v) is 36.7. The first-order valence-electron chi connectivity index (χ1n) is 45.6. The van der Waals surface area contributed by atoms with Gasteiger partial charge in [0.2, 0.25) is 11.2 Å². The zero-order valence-electron chi connectivity index (χ0n) is 75.3. The second kappa shape index (κ2) is 31.1. The van der Waals surface area contributed by atoms with Crippen LogP contribution in [0.25, 0.3) is 145 Å². The topological polar surface area (TPSA) is 102 Å². The van der Waals surface area contributed by atoms with Gasteiger partial charge in [-0.25, -0.2) is 9.97 Å². The number of nitrogens with zero attached hydrogens (tertiary/aromatic N) is 9. The van der Waals surface area contributed by atoms with Crippen molar-refractivity contribution in [1.82, 2.24) is 39.0 Å². The van der Waals surface area contributed by atoms with Gasteiger partial charge >= 0.3 is 29.6 Å². The van der Waals surface area contributed by atoms with Crippen molar-refractivity contribution in [2.24, 2.45) is 0 Å². The summed E-state index contributed by atoms with van der Waals surface area (Å²) in [4.78, 5) is 32.8. The molecule has 10 nitrogen and oxygen atoms in total. The molecule has 2 aliphatic heterocycles. The van der Waals surface area contributed by atoms with Crippen LogP contribution in [0.15, 0.2) is 425 Å². The van der Waals surface area contributed by atoms with Gasteiger partial charge in [0.25, 0.3) is 0 Å². The van der Waals surface area contributed by atoms with E-state index in [1.807, 2.05) is 36.4 Å². The average molecular weight is 1750 g/mol. The molecular formula is C122H84ClN10Na. The quantitative estimate of drug-likeness (QED) is 0.157. The van der Waals surface area contributed by atoms with Crippen LogP contribution in [0.3, 0.4) is 0 Å². The van der Waals surface area contributed by atoms with Gasteiger partial charge in [0.1, 0.15) is 0 Å². The molecule has 0 radical (unpaired) electrons. The molecule has 4 aliphatic carbocycles. The molecule has 0 atom stereocenters. The Morgan fingerprint density at radius 2 is 0.597 bits per heavy atom. The largest absolute Gasteiger partial charge is 1.00 e. The Hall–Kier alpha value is -15.5. The van der Waals surface area contributed by atoms with Crippen LogP contribution in [0.2, 0.25) is 5.28 Å². The molecule has 18 aromatic carbocycles. The fourth-order valence-electron chi connectivity index (χ4n) is 23.6. The number of aromatic nitrogens is 8. The summed E-state index contributed by atoms with van der Waals surface area (Å²) in [7, 11) is 0. The molecule has 4 aromatic heterocycles. The van der Waals surface area contributed by atoms with Crippen molar-refractivity contribution in [2.45, 2.75) is 49.4 Å². The van der Waals surface area contributed by atoms with Gasteiger partial charge in [0.15, 0.2) is 23.3 Å². The third-order valence-electron chi connectivity index (χ3n) is 28.9. The van der Waals surface area contributed by atoms with E-state index in [4.69, 9.17) is 31.5 Å². The molecule has 134 heavy (non-hydrogen) atoms. The van der Waals surface area contributed by atoms with E-state index in [1.165, 1.54) is 161 Å². The van der Waals surface area contributed by atoms with E-state index in [-0.39, 0.29) is 41.7 Å². The van der Waals surface area contributed by atoms with Crippen LogP contribution < -0.4 is 39.8 Å². The Morgan fingerprint density at radius 1 is 0.254 bits per heavy atom. The Morgan fingerprint density at radius 3 is 1.09 bits per heavy atom. The van der Waals surface area contributed by atoms with Crippen LogP contribution in [0.5, 0.6) is 0 Å². The number of fused-ring (bicyclic) bond motifs is 32. The molecule has 22 aromatic rings. The summed E-state index contributed by atoms with van der Waals surface area (Å²) >= 11 is 6.49. The third kappa shape index (κ3) is 11.7. The molecule has 0 bridgehead atoms. The van der Waals surface area contributed by atoms with Crippen molar-refractivity contribution < 1.29 is 31.0 Å². The Bertz CT molecular complexity index is 8510. The predicted molar refractivity (Wildman–Crippen MR) is 544 cm³/mol. The summed E-state index contributed by atoms with van der Waals surface area (Å²) in [5.41, 5.74) is 39.3. The summed E-state index contributed by atoms with van der Waals surface area (Å²) in [5, 5.41) is 8.91. The standard InChI is InChI=1S/C61H41N5.C34H20ClN3.C27H22N2.Na.H/c1-60(2)49-32-16-18-35-52(49)66(53-37-36-43-42-26-12-17-34-51(42)65(56(43)55(53)60)39-22-7-4-8-23-39)59-63-57(38-20-5-3-6-21-38)62-58(64-59)45-28-19-33-50-54(45)44-27-11-15-31-48(44)61(50)46-29-13-9-24-40(46)41-25-10-14-30-47(41)61;35-33-37-31(21-11-2-1-3-12-21)36-32(38-33)25-16-10-20-29-30(25)24-15-6-9-19-28(24)34(29)26-17-7-4-13-22(26)23-14-5-8-18-27(23)34;1-27(2)21-13-7-8-14-22(21)28-23-17-16-20-19-12-6-9-15-24(19)29(26(20)25(23)27)18-10-4-3-5-11-18;;/h3-37H,1-2H3;1-20H;3-17,28H,1-2H3;;/q;;;+1;-1. The number of hydrogen-bond acceptors (Lipinski definition) is 8. The monoisotopic (exact) mass is 1750 g/mol. The summed E-state index contributed by atoms with van der Waals surface area (Å²) in [5.74, 6) is 2.96. The molecule has 0 unspecified atom stereocenters. The molecule has 2 spiro atoms. The van der Waals surface area contributed by atoms with Crippen molar-refractivity contribution in [3.63, 3.8) is 0 Å². The molecule has 0 amide bonds. The molecular weight excluding hydrogens is 1660 g/mol. The first-order chi connectivity index (χ1) is 65.5. The van der Waals surface area contributed by atoms with Crippen LogP contribution in [0, 0.1) is 0 Å². The van der Waals surface area contributed by atoms with E-state index in [1.54, 1.807) is 0 Å². The maximum Gasteiger partial charge on any atom is 1.00 e. The van der Waals surface area contributed by atoms with E-state index >= 15 is 0 Å². The summed E-state index contributed by atoms with van der Waals surface area (Å²) in [6, 6.07) is 152. The minimum atomic E-state index is -0.494. The van der Waals surface area contributed by atoms with Gasteiger partial charge in [0, 0.05) is 88.5 Å². The van der Waals surface area contributed by atoms with Gasteiger partial charge < -0.3 is 15.9 Å². The van der Waals surface area contributed by atoms with Gasteiger partial charge in [-0.3, -0.25) is 4.90 Å². The fraction of sp³-hybridized carbons (Fsp3) is 0.0656. The smallest absolute Gasteiger partial charge is 1.00 e. The number of hydrogen-bond donors (Lipinski definition) is 1. The Balaban J connectivity index is 0.000000122. The van der Waals surface area contributed by atoms with E-state index < -0.39 is 16.2 Å². The van der Waals surface area contributed by atoms with Gasteiger partial charge in [-0.05, 0) is 172 Å². The maximum atomic E-state index is 6.49. The van der Waals surface area contributed by atoms with E-state index in [0.29, 0.717) is 29.2 Å². The molecule has 28 rings (SSSR count). The number of rotatable bonds is 7. The number of para-hydroxylation sites is 6. The maximum absolute atomic E-state index is 6.49. The number of nitrogens with one attached hydrogen (secondary N) is 1. The minimum absolute atomic E-state index is 0. The van der Waals surface area contributed by atoms with Crippen LogP contribution >= 0.6 is 11.6 Å². The zero-order chi connectivity index (χ0) is 88.6. The van der Waals surface area contributed by atoms with E-state index in [0.717, 1.165) is 50.4 Å². The van der Waals surface area contributed by atoms with Crippen LogP contribution in [0.4, 0.5) is 28.7 Å². The molecule has 630 valence electrons. The van der Waals surface area contributed by atoms with E-state index in [2.05, 4.69) is 445 Å². The Labute approximate surface area is 805 Å². The van der Waals surface area contributed by atoms with Gasteiger partial charge in [-0.15, -0.1) is 0 Å². The SMILES string of the molecule is CC1(C)c2ccccc2N(c2nc(-c3ccccc3)nc(-c3cccc4c3-c3ccccc3C43c4ccccc4-c4ccccc43)n2)c2ccc3c4ccccc4n(-c4ccccc4)c3c21.CC1(C)c2ccccc2Nc2ccc3c4ccccc4n(-c4ccccc4)c3c21.Clc1nc(-c2ccccc2)nc(-c2cccc3c2-c2ccccc2C32c3ccccc3-c3ccccc32)n1.[H-].[Na+]. The molecule has 12 heteroatoms. The fourth-order valence-corrected chi connectivity index (χ4v) is 23.7. The van der Waals surface area contributed by atoms with Crippen LogP contribution in [0.1, 0.15) is 95.9 Å². The molecule has 0 saturated heterocycles. The zero-order valence-corrected chi connectivity index (χ0v) is 77.1. The minimum Gasteiger partial charge on any atom is -1.00 e. The summed E-state index contributed by atoms with van der Waals surface area (Å²) in [6.45, 7) is 9.42. The summed E-state index contributed by atoms with van der Waals surface area (Å²) in [6.07, 6.45) is 0. The normalized spacial score (nSPS) is 14.1. The van der Waals surface area contributed by atoms with Gasteiger partial charge in [-0.2, -0.15) is 19.9 Å². The molecule has 0 fully saturated rings. The number of anilines is 5. The van der Waals surface area contributed by atoms with Gasteiger partial charge in [0.05, 0.1) is 44.3 Å². The molecule has 6 heterocycles. The van der Waals surface area contributed by atoms with Gasteiger partial charge in [-0.1, -0.05) is 392 Å². The average Bonchev–Trinajstić information content (AvgIpc) is 1.50. The van der Waals surface area contributed by atoms with Crippen molar-refractivity contribution in [1.29, 1.82) is 0 Å². The number of benzene rings is 18. The van der Waals surface area contributed by atoms with Crippen molar-refractivity contribution in [3.05, 3.63) is 497 Å². The van der Waals surface area contributed by atoms with Crippen LogP contribution in [-0.4, -0.2) is 39.0 Å². The van der Waals surface area contributed by atoms with Crippen molar-refractivity contribution in [2.75, 3.05) is 10.2 Å². The third-order valence-corrected chi connectivity index (χ3v) is 29.0. The first kappa shape index (κ1) is 80.5.